The fraction of sp³-hybridized carbons (Fsp3) is 0.636. The maximum Gasteiger partial charge on any atom is 0.0300 e. The molecule has 0 amide bonds. The van der Waals surface area contributed by atoms with Crippen molar-refractivity contribution in [3.05, 3.63) is 23.9 Å². The van der Waals surface area contributed by atoms with Gasteiger partial charge in [0.2, 0.25) is 0 Å². The largest absolute Gasteiger partial charge is 0.375 e. The summed E-state index contributed by atoms with van der Waals surface area (Å²) >= 11 is 0. The highest BCUT2D eigenvalue weighted by atomic mass is 15.2. The van der Waals surface area contributed by atoms with Crippen LogP contribution in [0.15, 0.2) is 23.9 Å². The third kappa shape index (κ3) is 3.64. The zero-order valence-corrected chi connectivity index (χ0v) is 8.95. The minimum Gasteiger partial charge on any atom is -0.375 e. The van der Waals surface area contributed by atoms with Crippen molar-refractivity contribution in [1.82, 2.24) is 9.80 Å². The summed E-state index contributed by atoms with van der Waals surface area (Å²) in [5.41, 5.74) is 1.34. The number of allylic oxidation sites excluding steroid dienone is 3. The zero-order valence-electron chi connectivity index (χ0n) is 8.95. The molecule has 0 atom stereocenters. The molecule has 1 aliphatic heterocycles. The van der Waals surface area contributed by atoms with E-state index in [1.165, 1.54) is 18.7 Å². The summed E-state index contributed by atoms with van der Waals surface area (Å²) in [6, 6.07) is 0. The first-order valence-electron chi connectivity index (χ1n) is 4.96. The van der Waals surface area contributed by atoms with Crippen LogP contribution in [0, 0.1) is 0 Å². The summed E-state index contributed by atoms with van der Waals surface area (Å²) in [5.74, 6) is 0. The topological polar surface area (TPSA) is 6.48 Å². The molecule has 0 unspecified atom stereocenters. The van der Waals surface area contributed by atoms with E-state index in [0.29, 0.717) is 0 Å². The molecule has 0 N–H and O–H groups in total. The third-order valence-electron chi connectivity index (χ3n) is 2.35. The van der Waals surface area contributed by atoms with E-state index in [0.717, 1.165) is 13.1 Å². The Morgan fingerprint density at radius 2 is 1.77 bits per heavy atom. The lowest BCUT2D eigenvalue weighted by molar-refractivity contribution is 0.198. The average Bonchev–Trinajstić information content (AvgIpc) is 2.09. The van der Waals surface area contributed by atoms with Crippen LogP contribution in [0.3, 0.4) is 0 Å². The van der Waals surface area contributed by atoms with Crippen molar-refractivity contribution >= 4 is 0 Å². The van der Waals surface area contributed by atoms with Gasteiger partial charge in [0.15, 0.2) is 0 Å². The Hall–Kier alpha value is -0.760. The van der Waals surface area contributed by atoms with Crippen LogP contribution < -0.4 is 0 Å². The van der Waals surface area contributed by atoms with Gasteiger partial charge < -0.3 is 9.80 Å². The van der Waals surface area contributed by atoms with Gasteiger partial charge in [-0.2, -0.15) is 0 Å². The molecule has 0 spiro atoms. The number of hydrogen-bond donors (Lipinski definition) is 0. The predicted molar refractivity (Wildman–Crippen MR) is 57.6 cm³/mol. The molecule has 0 aromatic rings. The minimum absolute atomic E-state index is 1.16. The third-order valence-corrected chi connectivity index (χ3v) is 2.35. The Morgan fingerprint density at radius 3 is 2.31 bits per heavy atom. The summed E-state index contributed by atoms with van der Waals surface area (Å²) in [4.78, 5) is 4.77. The lowest BCUT2D eigenvalue weighted by Crippen LogP contribution is -2.41. The van der Waals surface area contributed by atoms with Crippen molar-refractivity contribution in [2.75, 3.05) is 33.2 Å². The molecular formula is C11H20N2. The fourth-order valence-electron chi connectivity index (χ4n) is 1.54. The molecule has 2 nitrogen and oxygen atoms in total. The predicted octanol–water partition coefficient (Wildman–Crippen LogP) is 1.71. The normalized spacial score (nSPS) is 21.5. The lowest BCUT2D eigenvalue weighted by atomic mass is 10.2. The molecule has 1 aliphatic rings. The van der Waals surface area contributed by atoms with Gasteiger partial charge in [-0.3, -0.25) is 0 Å². The molecular weight excluding hydrogens is 160 g/mol. The van der Waals surface area contributed by atoms with Gasteiger partial charge in [-0.1, -0.05) is 12.2 Å². The molecule has 0 radical (unpaired) electrons. The van der Waals surface area contributed by atoms with Crippen LogP contribution in [0.1, 0.15) is 13.8 Å². The van der Waals surface area contributed by atoms with Gasteiger partial charge in [0.1, 0.15) is 0 Å². The Balaban J connectivity index is 2.41. The second kappa shape index (κ2) is 5.07. The highest BCUT2D eigenvalue weighted by Gasteiger charge is 2.09. The van der Waals surface area contributed by atoms with Gasteiger partial charge in [-0.25, -0.2) is 0 Å². The van der Waals surface area contributed by atoms with Gasteiger partial charge >= 0.3 is 0 Å². The van der Waals surface area contributed by atoms with Gasteiger partial charge in [-0.15, -0.1) is 0 Å². The van der Waals surface area contributed by atoms with Crippen LogP contribution in [-0.2, 0) is 0 Å². The zero-order chi connectivity index (χ0) is 9.68. The average molecular weight is 180 g/mol. The molecule has 0 bridgehead atoms. The molecule has 0 aromatic heterocycles. The van der Waals surface area contributed by atoms with Crippen molar-refractivity contribution in [2.24, 2.45) is 0 Å². The van der Waals surface area contributed by atoms with Crippen LogP contribution in [-0.4, -0.2) is 43.0 Å². The number of piperazine rings is 1. The maximum absolute atomic E-state index is 2.40. The Morgan fingerprint density at radius 1 is 1.15 bits per heavy atom. The number of hydrogen-bond acceptors (Lipinski definition) is 2. The number of likely N-dealkylation sites (N-methyl/N-ethyl adjacent to an activating group) is 1. The van der Waals surface area contributed by atoms with E-state index < -0.39 is 0 Å². The molecule has 13 heavy (non-hydrogen) atoms. The Bertz CT molecular complexity index is 198. The second-order valence-electron chi connectivity index (χ2n) is 3.71. The molecule has 0 aliphatic carbocycles. The summed E-state index contributed by atoms with van der Waals surface area (Å²) in [7, 11) is 2.18. The summed E-state index contributed by atoms with van der Waals surface area (Å²) < 4.78 is 0. The van der Waals surface area contributed by atoms with Crippen LogP contribution in [0.25, 0.3) is 0 Å². The van der Waals surface area contributed by atoms with Crippen molar-refractivity contribution < 1.29 is 0 Å². The Kier molecular flexibility index (Phi) is 4.03. The first kappa shape index (κ1) is 10.3. The van der Waals surface area contributed by atoms with Crippen LogP contribution in [0.4, 0.5) is 0 Å². The highest BCUT2D eigenvalue weighted by Crippen LogP contribution is 2.03. The van der Waals surface area contributed by atoms with Gasteiger partial charge in [0.25, 0.3) is 0 Å². The van der Waals surface area contributed by atoms with E-state index in [-0.39, 0.29) is 0 Å². The van der Waals surface area contributed by atoms with Crippen LogP contribution in [0.5, 0.6) is 0 Å². The first-order chi connectivity index (χ1) is 6.22. The van der Waals surface area contributed by atoms with E-state index in [1.807, 2.05) is 0 Å². The number of nitrogens with zero attached hydrogens (tertiary/aromatic N) is 2. The van der Waals surface area contributed by atoms with Gasteiger partial charge in [-0.05, 0) is 26.5 Å². The SMILES string of the molecule is C/C=C/C(C)=C/N1CCN(C)CC1. The second-order valence-corrected chi connectivity index (χ2v) is 3.71. The monoisotopic (exact) mass is 180 g/mol. The fourth-order valence-corrected chi connectivity index (χ4v) is 1.54. The van der Waals surface area contributed by atoms with Crippen LogP contribution in [0.2, 0.25) is 0 Å². The lowest BCUT2D eigenvalue weighted by Gasteiger charge is -2.31. The van der Waals surface area contributed by atoms with Crippen molar-refractivity contribution in [3.8, 4) is 0 Å². The quantitative estimate of drug-likeness (QED) is 0.597. The van der Waals surface area contributed by atoms with Gasteiger partial charge in [0.05, 0.1) is 0 Å². The molecule has 1 rings (SSSR count). The van der Waals surface area contributed by atoms with Crippen molar-refractivity contribution in [3.63, 3.8) is 0 Å². The maximum atomic E-state index is 2.40. The molecule has 0 aromatic carbocycles. The molecule has 0 saturated carbocycles. The highest BCUT2D eigenvalue weighted by molar-refractivity contribution is 5.14. The van der Waals surface area contributed by atoms with E-state index >= 15 is 0 Å². The summed E-state index contributed by atoms with van der Waals surface area (Å²) in [6.45, 7) is 8.88. The van der Waals surface area contributed by atoms with E-state index in [2.05, 4.69) is 49.0 Å². The molecule has 2 heteroatoms. The molecule has 1 saturated heterocycles. The Labute approximate surface area is 81.5 Å². The van der Waals surface area contributed by atoms with E-state index in [1.54, 1.807) is 0 Å². The summed E-state index contributed by atoms with van der Waals surface area (Å²) in [6.07, 6.45) is 6.49. The van der Waals surface area contributed by atoms with E-state index in [4.69, 9.17) is 0 Å². The molecule has 1 fully saturated rings. The van der Waals surface area contributed by atoms with E-state index in [9.17, 15) is 0 Å². The van der Waals surface area contributed by atoms with Crippen LogP contribution >= 0.6 is 0 Å². The smallest absolute Gasteiger partial charge is 0.0300 e. The number of rotatable bonds is 2. The van der Waals surface area contributed by atoms with Crippen molar-refractivity contribution in [1.29, 1.82) is 0 Å². The standard InChI is InChI=1S/C11H20N2/c1-4-5-11(2)10-13-8-6-12(3)7-9-13/h4-5,10H,6-9H2,1-3H3/b5-4+,11-10+. The molecule has 1 heterocycles. The summed E-state index contributed by atoms with van der Waals surface area (Å²) in [5, 5.41) is 0. The van der Waals surface area contributed by atoms with Crippen molar-refractivity contribution in [2.45, 2.75) is 13.8 Å². The van der Waals surface area contributed by atoms with Gasteiger partial charge in [0, 0.05) is 32.4 Å². The molecule has 74 valence electrons. The first-order valence-corrected chi connectivity index (χ1v) is 4.96. The minimum atomic E-state index is 1.16.